The highest BCUT2D eigenvalue weighted by Crippen LogP contribution is 2.26. The number of carboxylic acids is 1. The van der Waals surface area contributed by atoms with Crippen molar-refractivity contribution in [3.8, 4) is 0 Å². The van der Waals surface area contributed by atoms with Crippen molar-refractivity contribution < 1.29 is 9.90 Å². The zero-order valence-electron chi connectivity index (χ0n) is 11.6. The number of hydrogen-bond donors (Lipinski definition) is 2. The van der Waals surface area contributed by atoms with Crippen LogP contribution in [0.4, 0.5) is 0 Å². The lowest BCUT2D eigenvalue weighted by Gasteiger charge is -2.11. The number of imidazole rings is 1. The van der Waals surface area contributed by atoms with Crippen molar-refractivity contribution >= 4 is 17.0 Å². The van der Waals surface area contributed by atoms with Crippen LogP contribution < -0.4 is 0 Å². The summed E-state index contributed by atoms with van der Waals surface area (Å²) in [5, 5.41) is 9.20. The molecule has 0 bridgehead atoms. The van der Waals surface area contributed by atoms with Gasteiger partial charge in [-0.15, -0.1) is 0 Å². The minimum Gasteiger partial charge on any atom is -0.478 e. The third kappa shape index (κ3) is 2.69. The van der Waals surface area contributed by atoms with Gasteiger partial charge in [0.15, 0.2) is 0 Å². The van der Waals surface area contributed by atoms with Gasteiger partial charge in [0, 0.05) is 6.42 Å². The lowest BCUT2D eigenvalue weighted by molar-refractivity contribution is 0.0699. The Kier molecular flexibility index (Phi) is 3.72. The molecule has 0 spiro atoms. The van der Waals surface area contributed by atoms with Gasteiger partial charge in [-0.25, -0.2) is 9.78 Å². The van der Waals surface area contributed by atoms with Gasteiger partial charge in [0.05, 0.1) is 11.1 Å². The van der Waals surface area contributed by atoms with Gasteiger partial charge in [0.25, 0.3) is 0 Å². The van der Waals surface area contributed by atoms with Gasteiger partial charge in [0.1, 0.15) is 11.3 Å². The van der Waals surface area contributed by atoms with E-state index in [0.717, 1.165) is 17.8 Å². The molecular weight excluding hydrogens is 252 g/mol. The fourth-order valence-corrected chi connectivity index (χ4v) is 3.19. The van der Waals surface area contributed by atoms with Gasteiger partial charge < -0.3 is 10.1 Å². The highest BCUT2D eigenvalue weighted by atomic mass is 16.4. The first-order valence-corrected chi connectivity index (χ1v) is 7.45. The molecule has 1 aliphatic carbocycles. The molecule has 0 radical (unpaired) electrons. The second-order valence-corrected chi connectivity index (χ2v) is 5.75. The molecule has 4 nitrogen and oxygen atoms in total. The number of aromatic nitrogens is 2. The van der Waals surface area contributed by atoms with Crippen LogP contribution in [0.2, 0.25) is 0 Å². The van der Waals surface area contributed by atoms with Gasteiger partial charge in [-0.1, -0.05) is 44.6 Å². The lowest BCUT2D eigenvalue weighted by atomic mass is 9.96. The molecule has 0 unspecified atom stereocenters. The zero-order valence-corrected chi connectivity index (χ0v) is 11.6. The van der Waals surface area contributed by atoms with Crippen LogP contribution in [0.3, 0.4) is 0 Å². The molecule has 0 saturated heterocycles. The monoisotopic (exact) mass is 272 g/mol. The number of para-hydroxylation sites is 1. The minimum absolute atomic E-state index is 0.283. The van der Waals surface area contributed by atoms with Crippen LogP contribution in [-0.2, 0) is 6.42 Å². The third-order valence-electron chi connectivity index (χ3n) is 4.25. The number of nitrogens with zero attached hydrogens (tertiary/aromatic N) is 1. The highest BCUT2D eigenvalue weighted by Gasteiger charge is 2.17. The first-order valence-electron chi connectivity index (χ1n) is 7.45. The number of fused-ring (bicyclic) bond motifs is 1. The maximum absolute atomic E-state index is 11.2. The molecule has 0 atom stereocenters. The number of rotatable bonds is 3. The first kappa shape index (κ1) is 13.2. The van der Waals surface area contributed by atoms with Crippen molar-refractivity contribution in [3.63, 3.8) is 0 Å². The average molecular weight is 272 g/mol. The second kappa shape index (κ2) is 5.65. The van der Waals surface area contributed by atoms with Crippen LogP contribution in [0.1, 0.15) is 54.7 Å². The Bertz CT molecular complexity index is 610. The Hall–Kier alpha value is -1.84. The van der Waals surface area contributed by atoms with Crippen molar-refractivity contribution in [1.82, 2.24) is 9.97 Å². The minimum atomic E-state index is -0.914. The molecular formula is C16H20N2O2. The van der Waals surface area contributed by atoms with E-state index in [2.05, 4.69) is 9.97 Å². The summed E-state index contributed by atoms with van der Waals surface area (Å²) in [6.07, 6.45) is 8.79. The van der Waals surface area contributed by atoms with Crippen LogP contribution >= 0.6 is 0 Å². The van der Waals surface area contributed by atoms with Gasteiger partial charge in [0.2, 0.25) is 0 Å². The quantitative estimate of drug-likeness (QED) is 0.836. The Labute approximate surface area is 118 Å². The van der Waals surface area contributed by atoms with Crippen LogP contribution in [0.15, 0.2) is 18.2 Å². The molecule has 106 valence electrons. The number of nitrogens with one attached hydrogen (secondary N) is 1. The predicted octanol–water partition coefficient (Wildman–Crippen LogP) is 3.77. The van der Waals surface area contributed by atoms with Crippen molar-refractivity contribution in [2.45, 2.75) is 44.9 Å². The van der Waals surface area contributed by atoms with Crippen molar-refractivity contribution in [2.75, 3.05) is 0 Å². The van der Waals surface area contributed by atoms with E-state index in [1.165, 1.54) is 38.5 Å². The molecule has 0 amide bonds. The summed E-state index contributed by atoms with van der Waals surface area (Å²) in [5.74, 6) is 0.704. The number of aromatic carboxylic acids is 1. The second-order valence-electron chi connectivity index (χ2n) is 5.75. The van der Waals surface area contributed by atoms with Gasteiger partial charge in [-0.05, 0) is 18.1 Å². The van der Waals surface area contributed by atoms with E-state index >= 15 is 0 Å². The number of carboxylic acid groups (broad SMARTS) is 1. The molecule has 2 aromatic rings. The van der Waals surface area contributed by atoms with Crippen LogP contribution in [-0.4, -0.2) is 21.0 Å². The number of H-pyrrole nitrogens is 1. The number of aromatic amines is 1. The van der Waals surface area contributed by atoms with E-state index in [1.807, 2.05) is 6.07 Å². The maximum Gasteiger partial charge on any atom is 0.337 e. The lowest BCUT2D eigenvalue weighted by Crippen LogP contribution is -2.04. The molecule has 1 fully saturated rings. The van der Waals surface area contributed by atoms with Crippen LogP contribution in [0.5, 0.6) is 0 Å². The summed E-state index contributed by atoms with van der Waals surface area (Å²) >= 11 is 0. The van der Waals surface area contributed by atoms with E-state index in [-0.39, 0.29) is 5.56 Å². The SMILES string of the molecule is O=C(O)c1cccc2[nH]c(CC3CCCCCC3)nc12. The van der Waals surface area contributed by atoms with E-state index in [1.54, 1.807) is 12.1 Å². The Morgan fingerprint density at radius 1 is 1.25 bits per heavy atom. The number of hydrogen-bond acceptors (Lipinski definition) is 2. The Morgan fingerprint density at radius 2 is 2.00 bits per heavy atom. The fourth-order valence-electron chi connectivity index (χ4n) is 3.19. The Balaban J connectivity index is 1.85. The topological polar surface area (TPSA) is 66.0 Å². The largest absolute Gasteiger partial charge is 0.478 e. The molecule has 1 aromatic heterocycles. The molecule has 0 aliphatic heterocycles. The third-order valence-corrected chi connectivity index (χ3v) is 4.25. The average Bonchev–Trinajstić information content (AvgIpc) is 2.65. The molecule has 1 saturated carbocycles. The zero-order chi connectivity index (χ0) is 13.9. The fraction of sp³-hybridized carbons (Fsp3) is 0.500. The summed E-state index contributed by atoms with van der Waals surface area (Å²) in [6, 6.07) is 5.27. The maximum atomic E-state index is 11.2. The summed E-state index contributed by atoms with van der Waals surface area (Å²) in [6.45, 7) is 0. The molecule has 1 aromatic carbocycles. The summed E-state index contributed by atoms with van der Waals surface area (Å²) < 4.78 is 0. The Morgan fingerprint density at radius 3 is 2.70 bits per heavy atom. The molecule has 3 rings (SSSR count). The van der Waals surface area contributed by atoms with E-state index in [0.29, 0.717) is 11.4 Å². The molecule has 2 N–H and O–H groups in total. The van der Waals surface area contributed by atoms with Crippen molar-refractivity contribution in [1.29, 1.82) is 0 Å². The number of benzene rings is 1. The number of carbonyl (C=O) groups is 1. The van der Waals surface area contributed by atoms with Gasteiger partial charge in [-0.2, -0.15) is 0 Å². The molecule has 4 heteroatoms. The normalized spacial score (nSPS) is 17.2. The summed E-state index contributed by atoms with van der Waals surface area (Å²) in [7, 11) is 0. The molecule has 1 heterocycles. The van der Waals surface area contributed by atoms with E-state index in [4.69, 9.17) is 0 Å². The van der Waals surface area contributed by atoms with E-state index in [9.17, 15) is 9.90 Å². The van der Waals surface area contributed by atoms with Crippen LogP contribution in [0, 0.1) is 5.92 Å². The standard InChI is InChI=1S/C16H20N2O2/c19-16(20)12-8-5-9-13-15(12)18-14(17-13)10-11-6-3-1-2-4-7-11/h5,8-9,11H,1-4,6-7,10H2,(H,17,18)(H,19,20). The van der Waals surface area contributed by atoms with E-state index < -0.39 is 5.97 Å². The first-order chi connectivity index (χ1) is 9.74. The molecule has 1 aliphatic rings. The predicted molar refractivity (Wildman–Crippen MR) is 77.9 cm³/mol. The van der Waals surface area contributed by atoms with Gasteiger partial charge in [-0.3, -0.25) is 0 Å². The van der Waals surface area contributed by atoms with Crippen LogP contribution in [0.25, 0.3) is 11.0 Å². The smallest absolute Gasteiger partial charge is 0.337 e. The van der Waals surface area contributed by atoms with Gasteiger partial charge >= 0.3 is 5.97 Å². The summed E-state index contributed by atoms with van der Waals surface area (Å²) in [4.78, 5) is 19.0. The highest BCUT2D eigenvalue weighted by molar-refractivity contribution is 6.00. The van der Waals surface area contributed by atoms with Crippen molar-refractivity contribution in [2.24, 2.45) is 5.92 Å². The summed E-state index contributed by atoms with van der Waals surface area (Å²) in [5.41, 5.74) is 1.70. The molecule has 20 heavy (non-hydrogen) atoms. The van der Waals surface area contributed by atoms with Crippen molar-refractivity contribution in [3.05, 3.63) is 29.6 Å².